The highest BCUT2D eigenvalue weighted by atomic mass is 19.1. The quantitative estimate of drug-likeness (QED) is 0.677. The normalized spacial score (nSPS) is 11.1. The summed E-state index contributed by atoms with van der Waals surface area (Å²) in [5, 5.41) is 3.24. The molecule has 0 aliphatic carbocycles. The van der Waals surface area contributed by atoms with E-state index in [1.54, 1.807) is 6.07 Å². The number of nitrogens with zero attached hydrogens (tertiary/aromatic N) is 1. The Morgan fingerprint density at radius 2 is 1.95 bits per heavy atom. The van der Waals surface area contributed by atoms with Crippen LogP contribution in [0.15, 0.2) is 18.2 Å². The molecule has 0 aromatic heterocycles. The molecule has 0 fully saturated rings. The van der Waals surface area contributed by atoms with Crippen LogP contribution < -0.4 is 10.2 Å². The Balaban J connectivity index is 2.96. The summed E-state index contributed by atoms with van der Waals surface area (Å²) in [6.45, 7) is 11.0. The number of hydrogen-bond donors (Lipinski definition) is 1. The molecule has 2 nitrogen and oxygen atoms in total. The van der Waals surface area contributed by atoms with Crippen LogP contribution in [0.4, 0.5) is 10.1 Å². The Kier molecular flexibility index (Phi) is 7.60. The Labute approximate surface area is 123 Å². The summed E-state index contributed by atoms with van der Waals surface area (Å²) in [4.78, 5) is 2.32. The molecule has 0 amide bonds. The third kappa shape index (κ3) is 4.78. The van der Waals surface area contributed by atoms with Gasteiger partial charge < -0.3 is 10.2 Å². The summed E-state index contributed by atoms with van der Waals surface area (Å²) >= 11 is 0. The monoisotopic (exact) mass is 280 g/mol. The van der Waals surface area contributed by atoms with Crippen molar-refractivity contribution < 1.29 is 4.39 Å². The summed E-state index contributed by atoms with van der Waals surface area (Å²) in [6.07, 6.45) is 3.59. The molecule has 0 saturated heterocycles. The molecule has 20 heavy (non-hydrogen) atoms. The lowest BCUT2D eigenvalue weighted by atomic mass is 10.1. The second-order valence-corrected chi connectivity index (χ2v) is 5.51. The number of anilines is 1. The van der Waals surface area contributed by atoms with E-state index in [-0.39, 0.29) is 5.82 Å². The highest BCUT2D eigenvalue weighted by Gasteiger charge is 2.16. The van der Waals surface area contributed by atoms with Crippen molar-refractivity contribution in [2.75, 3.05) is 18.0 Å². The summed E-state index contributed by atoms with van der Waals surface area (Å²) < 4.78 is 14.1. The first-order valence-electron chi connectivity index (χ1n) is 7.86. The van der Waals surface area contributed by atoms with Crippen molar-refractivity contribution in [1.82, 2.24) is 5.32 Å². The molecule has 0 aliphatic heterocycles. The number of unbranched alkanes of at least 4 members (excludes halogenated alkanes) is 2. The lowest BCUT2D eigenvalue weighted by Crippen LogP contribution is -2.33. The molecule has 3 heteroatoms. The van der Waals surface area contributed by atoms with E-state index < -0.39 is 0 Å². The van der Waals surface area contributed by atoms with Crippen molar-refractivity contribution in [3.05, 3.63) is 29.6 Å². The molecule has 0 bridgehead atoms. The fourth-order valence-corrected chi connectivity index (χ4v) is 2.43. The molecule has 0 spiro atoms. The minimum Gasteiger partial charge on any atom is -0.369 e. The summed E-state index contributed by atoms with van der Waals surface area (Å²) in [5.74, 6) is -0.107. The van der Waals surface area contributed by atoms with Crippen molar-refractivity contribution >= 4 is 5.69 Å². The van der Waals surface area contributed by atoms with Gasteiger partial charge in [-0.05, 0) is 38.9 Å². The van der Waals surface area contributed by atoms with Crippen LogP contribution in [-0.4, -0.2) is 19.1 Å². The zero-order valence-corrected chi connectivity index (χ0v) is 13.4. The molecule has 1 N–H and O–H groups in total. The molecule has 0 heterocycles. The zero-order valence-electron chi connectivity index (χ0n) is 13.4. The number of benzene rings is 1. The summed E-state index contributed by atoms with van der Waals surface area (Å²) in [7, 11) is 0. The number of halogens is 1. The average Bonchev–Trinajstić information content (AvgIpc) is 2.42. The van der Waals surface area contributed by atoms with Crippen LogP contribution in [0.2, 0.25) is 0 Å². The maximum Gasteiger partial charge on any atom is 0.129 e. The third-order valence-corrected chi connectivity index (χ3v) is 3.58. The van der Waals surface area contributed by atoms with Gasteiger partial charge in [0.1, 0.15) is 5.82 Å². The van der Waals surface area contributed by atoms with Gasteiger partial charge in [0.25, 0.3) is 0 Å². The molecule has 0 atom stereocenters. The largest absolute Gasteiger partial charge is 0.369 e. The molecule has 0 radical (unpaired) electrons. The van der Waals surface area contributed by atoms with Crippen molar-refractivity contribution in [3.63, 3.8) is 0 Å². The first kappa shape index (κ1) is 17.0. The van der Waals surface area contributed by atoms with E-state index in [1.165, 1.54) is 12.8 Å². The molecule has 1 aromatic rings. The van der Waals surface area contributed by atoms with Crippen molar-refractivity contribution in [1.29, 1.82) is 0 Å². The van der Waals surface area contributed by atoms with Gasteiger partial charge in [-0.15, -0.1) is 0 Å². The maximum atomic E-state index is 14.1. The smallest absolute Gasteiger partial charge is 0.129 e. The van der Waals surface area contributed by atoms with Crippen LogP contribution in [-0.2, 0) is 6.54 Å². The van der Waals surface area contributed by atoms with E-state index in [4.69, 9.17) is 0 Å². The lowest BCUT2D eigenvalue weighted by Gasteiger charge is -2.31. The molecule has 0 aliphatic rings. The van der Waals surface area contributed by atoms with Crippen LogP contribution in [0.5, 0.6) is 0 Å². The summed E-state index contributed by atoms with van der Waals surface area (Å²) in [6, 6.07) is 5.80. The van der Waals surface area contributed by atoms with Crippen LogP contribution in [0.25, 0.3) is 0 Å². The molecule has 1 rings (SSSR count). The minimum atomic E-state index is -0.107. The van der Waals surface area contributed by atoms with Gasteiger partial charge in [-0.3, -0.25) is 0 Å². The van der Waals surface area contributed by atoms with E-state index >= 15 is 0 Å². The Hall–Kier alpha value is -1.09. The van der Waals surface area contributed by atoms with Gasteiger partial charge in [-0.1, -0.05) is 32.8 Å². The molecular formula is C17H29FN2. The first-order chi connectivity index (χ1) is 9.61. The highest BCUT2D eigenvalue weighted by Crippen LogP contribution is 2.25. The highest BCUT2D eigenvalue weighted by molar-refractivity contribution is 5.55. The molecular weight excluding hydrogens is 251 g/mol. The Bertz CT molecular complexity index is 391. The number of rotatable bonds is 9. The Morgan fingerprint density at radius 1 is 1.20 bits per heavy atom. The van der Waals surface area contributed by atoms with Crippen molar-refractivity contribution in [2.45, 2.75) is 59.5 Å². The minimum absolute atomic E-state index is 0.107. The second kappa shape index (κ2) is 8.96. The molecule has 0 unspecified atom stereocenters. The zero-order chi connectivity index (χ0) is 15.0. The van der Waals surface area contributed by atoms with Gasteiger partial charge in [0.05, 0.1) is 0 Å². The number of hydrogen-bond acceptors (Lipinski definition) is 2. The fourth-order valence-electron chi connectivity index (χ4n) is 2.43. The van der Waals surface area contributed by atoms with Gasteiger partial charge in [-0.2, -0.15) is 0 Å². The van der Waals surface area contributed by atoms with Gasteiger partial charge in [0.15, 0.2) is 0 Å². The fraction of sp³-hybridized carbons (Fsp3) is 0.647. The van der Waals surface area contributed by atoms with E-state index in [9.17, 15) is 4.39 Å². The van der Waals surface area contributed by atoms with Crippen LogP contribution in [0.3, 0.4) is 0 Å². The third-order valence-electron chi connectivity index (χ3n) is 3.58. The molecule has 1 aromatic carbocycles. The van der Waals surface area contributed by atoms with Gasteiger partial charge in [0.2, 0.25) is 0 Å². The van der Waals surface area contributed by atoms with Gasteiger partial charge >= 0.3 is 0 Å². The van der Waals surface area contributed by atoms with Crippen LogP contribution in [0, 0.1) is 5.82 Å². The van der Waals surface area contributed by atoms with Gasteiger partial charge in [-0.25, -0.2) is 4.39 Å². The molecule has 0 saturated carbocycles. The topological polar surface area (TPSA) is 15.3 Å². The van der Waals surface area contributed by atoms with E-state index in [0.717, 1.165) is 30.8 Å². The SMILES string of the molecule is CCCCCN(c1cccc(F)c1CNCC)C(C)C. The lowest BCUT2D eigenvalue weighted by molar-refractivity contribution is 0.581. The first-order valence-corrected chi connectivity index (χ1v) is 7.86. The van der Waals surface area contributed by atoms with E-state index in [0.29, 0.717) is 12.6 Å². The number of nitrogens with one attached hydrogen (secondary N) is 1. The standard InChI is InChI=1S/C17H29FN2/c1-5-7-8-12-20(14(3)4)17-11-9-10-16(18)15(17)13-19-6-2/h9-11,14,19H,5-8,12-13H2,1-4H3. The second-order valence-electron chi connectivity index (χ2n) is 5.51. The van der Waals surface area contributed by atoms with Crippen molar-refractivity contribution in [2.24, 2.45) is 0 Å². The molecule has 114 valence electrons. The maximum absolute atomic E-state index is 14.1. The Morgan fingerprint density at radius 3 is 2.55 bits per heavy atom. The van der Waals surface area contributed by atoms with E-state index in [1.807, 2.05) is 19.1 Å². The summed E-state index contributed by atoms with van der Waals surface area (Å²) in [5.41, 5.74) is 1.83. The predicted octanol–water partition coefficient (Wildman–Crippen LogP) is 4.34. The van der Waals surface area contributed by atoms with Gasteiger partial charge in [0, 0.05) is 30.4 Å². The predicted molar refractivity (Wildman–Crippen MR) is 85.8 cm³/mol. The average molecular weight is 280 g/mol. The van der Waals surface area contributed by atoms with Crippen LogP contribution >= 0.6 is 0 Å². The van der Waals surface area contributed by atoms with E-state index in [2.05, 4.69) is 31.0 Å². The van der Waals surface area contributed by atoms with Crippen molar-refractivity contribution in [3.8, 4) is 0 Å². The van der Waals surface area contributed by atoms with Crippen LogP contribution in [0.1, 0.15) is 52.5 Å².